The Labute approximate surface area is 168 Å². The molecule has 4 heteroatoms. The van der Waals surface area contributed by atoms with Gasteiger partial charge in [0.2, 0.25) is 0 Å². The van der Waals surface area contributed by atoms with Crippen molar-refractivity contribution in [3.8, 4) is 0 Å². The SMILES string of the molecule is [2H]c1ccc(CSCCC(CCCCC(=O)O)SCc2ccccc2)cc1[2H]. The number of unbranched alkanes of at least 4 members (excludes halogenated alkanes) is 1. The van der Waals surface area contributed by atoms with E-state index < -0.39 is 5.97 Å². The minimum atomic E-state index is -0.712. The molecule has 0 bridgehead atoms. The number of thioether (sulfide) groups is 2. The first-order valence-corrected chi connectivity index (χ1v) is 11.3. The van der Waals surface area contributed by atoms with Gasteiger partial charge in [0.15, 0.2) is 0 Å². The number of hydrogen-bond acceptors (Lipinski definition) is 3. The van der Waals surface area contributed by atoms with Gasteiger partial charge in [0.05, 0.1) is 2.74 Å². The second-order valence-electron chi connectivity index (χ2n) is 6.24. The van der Waals surface area contributed by atoms with Crippen LogP contribution in [0.2, 0.25) is 0 Å². The summed E-state index contributed by atoms with van der Waals surface area (Å²) in [5.74, 6) is 2.18. The largest absolute Gasteiger partial charge is 0.481 e. The van der Waals surface area contributed by atoms with Gasteiger partial charge in [0.1, 0.15) is 0 Å². The average Bonchev–Trinajstić information content (AvgIpc) is 2.69. The summed E-state index contributed by atoms with van der Waals surface area (Å²) >= 11 is 3.83. The molecule has 2 rings (SSSR count). The molecule has 0 radical (unpaired) electrons. The Morgan fingerprint density at radius 1 is 0.962 bits per heavy atom. The van der Waals surface area contributed by atoms with Crippen LogP contribution in [0.1, 0.15) is 46.0 Å². The molecule has 0 fully saturated rings. The van der Waals surface area contributed by atoms with Gasteiger partial charge in [-0.15, -0.1) is 0 Å². The third-order valence-electron chi connectivity index (χ3n) is 4.07. The highest BCUT2D eigenvalue weighted by Gasteiger charge is 2.10. The molecular weight excluding hydrogens is 360 g/mol. The molecule has 0 aliphatic heterocycles. The smallest absolute Gasteiger partial charge is 0.303 e. The highest BCUT2D eigenvalue weighted by atomic mass is 32.2. The minimum absolute atomic E-state index is 0.256. The molecule has 1 atom stereocenters. The molecule has 0 heterocycles. The third-order valence-corrected chi connectivity index (χ3v) is 6.57. The van der Waals surface area contributed by atoms with Gasteiger partial charge in [0.25, 0.3) is 0 Å². The van der Waals surface area contributed by atoms with E-state index in [-0.39, 0.29) is 18.5 Å². The second kappa shape index (κ2) is 12.9. The summed E-state index contributed by atoms with van der Waals surface area (Å²) in [5.41, 5.74) is 2.43. The predicted octanol–water partition coefficient (Wildman–Crippen LogP) is 6.26. The van der Waals surface area contributed by atoms with Crippen molar-refractivity contribution in [2.75, 3.05) is 5.75 Å². The summed E-state index contributed by atoms with van der Waals surface area (Å²) in [7, 11) is 0. The molecule has 0 amide bonds. The van der Waals surface area contributed by atoms with Crippen LogP contribution in [0.15, 0.2) is 60.6 Å². The zero-order chi connectivity index (χ0) is 20.2. The van der Waals surface area contributed by atoms with Gasteiger partial charge in [-0.3, -0.25) is 4.79 Å². The normalized spacial score (nSPS) is 13.1. The van der Waals surface area contributed by atoms with Gasteiger partial charge in [0, 0.05) is 23.2 Å². The first-order valence-electron chi connectivity index (χ1n) is 10.1. The first-order chi connectivity index (χ1) is 13.5. The van der Waals surface area contributed by atoms with Crippen molar-refractivity contribution in [2.45, 2.75) is 48.9 Å². The Kier molecular flexibility index (Phi) is 8.92. The standard InChI is InChI=1S/C22H28O2S2/c23-22(24)14-8-7-13-21(26-18-20-11-5-2-6-12-20)15-16-25-17-19-9-3-1-4-10-19/h1-6,9-12,21H,7-8,13-18H2,(H,23,24)/i1D,3D. The van der Waals surface area contributed by atoms with E-state index in [0.717, 1.165) is 48.5 Å². The number of carbonyl (C=O) groups is 1. The first kappa shape index (κ1) is 18.0. The fraction of sp³-hybridized carbons (Fsp3) is 0.409. The average molecular weight is 391 g/mol. The lowest BCUT2D eigenvalue weighted by Crippen LogP contribution is -2.06. The molecule has 1 unspecified atom stereocenters. The molecule has 2 aromatic rings. The summed E-state index contributed by atoms with van der Waals surface area (Å²) in [4.78, 5) is 10.7. The Morgan fingerprint density at radius 2 is 1.73 bits per heavy atom. The lowest BCUT2D eigenvalue weighted by Gasteiger charge is -2.16. The zero-order valence-electron chi connectivity index (χ0n) is 17.0. The summed E-state index contributed by atoms with van der Waals surface area (Å²) in [5, 5.41) is 9.35. The minimum Gasteiger partial charge on any atom is -0.481 e. The maximum Gasteiger partial charge on any atom is 0.303 e. The fourth-order valence-corrected chi connectivity index (χ4v) is 5.02. The van der Waals surface area contributed by atoms with E-state index in [0.29, 0.717) is 5.25 Å². The molecule has 0 spiro atoms. The molecule has 1 N–H and O–H groups in total. The summed E-state index contributed by atoms with van der Waals surface area (Å²) in [6.45, 7) is 0. The second-order valence-corrected chi connectivity index (χ2v) is 8.63. The van der Waals surface area contributed by atoms with E-state index in [9.17, 15) is 4.79 Å². The monoisotopic (exact) mass is 390 g/mol. The van der Waals surface area contributed by atoms with Crippen molar-refractivity contribution in [3.05, 3.63) is 71.7 Å². The molecule has 26 heavy (non-hydrogen) atoms. The van der Waals surface area contributed by atoms with Crippen LogP contribution in [0, 0.1) is 0 Å². The maximum absolute atomic E-state index is 10.7. The highest BCUT2D eigenvalue weighted by Crippen LogP contribution is 2.27. The van der Waals surface area contributed by atoms with E-state index in [1.54, 1.807) is 12.1 Å². The number of hydrogen-bond donors (Lipinski definition) is 1. The van der Waals surface area contributed by atoms with Crippen molar-refractivity contribution in [1.82, 2.24) is 0 Å². The molecule has 2 nitrogen and oxygen atoms in total. The Morgan fingerprint density at radius 3 is 2.50 bits per heavy atom. The van der Waals surface area contributed by atoms with Crippen LogP contribution in [-0.2, 0) is 16.3 Å². The van der Waals surface area contributed by atoms with Gasteiger partial charge in [-0.1, -0.05) is 67.0 Å². The van der Waals surface area contributed by atoms with Crippen LogP contribution in [-0.4, -0.2) is 22.1 Å². The predicted molar refractivity (Wildman–Crippen MR) is 115 cm³/mol. The maximum atomic E-state index is 10.7. The molecule has 140 valence electrons. The van der Waals surface area contributed by atoms with Crippen LogP contribution < -0.4 is 0 Å². The van der Waals surface area contributed by atoms with E-state index in [4.69, 9.17) is 7.85 Å². The fourth-order valence-electron chi connectivity index (χ4n) is 2.62. The summed E-state index contributed by atoms with van der Waals surface area (Å²) in [6, 6.07) is 16.4. The lowest BCUT2D eigenvalue weighted by atomic mass is 10.1. The molecule has 0 saturated heterocycles. The van der Waals surface area contributed by atoms with Gasteiger partial charge in [-0.25, -0.2) is 0 Å². The van der Waals surface area contributed by atoms with E-state index in [2.05, 4.69) is 24.3 Å². The number of carboxylic acids is 1. The summed E-state index contributed by atoms with van der Waals surface area (Å²) < 4.78 is 15.3. The van der Waals surface area contributed by atoms with Gasteiger partial charge < -0.3 is 5.11 Å². The molecule has 0 aliphatic rings. The van der Waals surface area contributed by atoms with Crippen LogP contribution in [0.4, 0.5) is 0 Å². The number of benzene rings is 2. The van der Waals surface area contributed by atoms with Crippen LogP contribution in [0.3, 0.4) is 0 Å². The van der Waals surface area contributed by atoms with E-state index in [1.165, 1.54) is 5.56 Å². The quantitative estimate of drug-likeness (QED) is 0.410. The molecule has 2 aromatic carbocycles. The lowest BCUT2D eigenvalue weighted by molar-refractivity contribution is -0.137. The van der Waals surface area contributed by atoms with Crippen molar-refractivity contribution in [3.63, 3.8) is 0 Å². The van der Waals surface area contributed by atoms with Crippen molar-refractivity contribution in [2.24, 2.45) is 0 Å². The van der Waals surface area contributed by atoms with Crippen molar-refractivity contribution in [1.29, 1.82) is 0 Å². The highest BCUT2D eigenvalue weighted by molar-refractivity contribution is 7.99. The van der Waals surface area contributed by atoms with Crippen molar-refractivity contribution >= 4 is 29.5 Å². The van der Waals surface area contributed by atoms with Gasteiger partial charge >= 0.3 is 5.97 Å². The van der Waals surface area contributed by atoms with E-state index in [1.807, 2.05) is 35.7 Å². The topological polar surface area (TPSA) is 37.3 Å². The zero-order valence-corrected chi connectivity index (χ0v) is 16.7. The Hall–Kier alpha value is -1.39. The van der Waals surface area contributed by atoms with Crippen LogP contribution in [0.25, 0.3) is 0 Å². The summed E-state index contributed by atoms with van der Waals surface area (Å²) in [6.07, 6.45) is 4.11. The number of rotatable bonds is 13. The molecule has 0 saturated carbocycles. The Balaban J connectivity index is 1.76. The number of aliphatic carboxylic acids is 1. The van der Waals surface area contributed by atoms with Crippen LogP contribution in [0.5, 0.6) is 0 Å². The Bertz CT molecular complexity index is 726. The molecular formula is C22H28O2S2. The van der Waals surface area contributed by atoms with Gasteiger partial charge in [-0.05, 0) is 36.1 Å². The molecule has 0 aliphatic carbocycles. The van der Waals surface area contributed by atoms with Crippen molar-refractivity contribution < 1.29 is 12.6 Å². The van der Waals surface area contributed by atoms with Gasteiger partial charge in [-0.2, -0.15) is 23.5 Å². The van der Waals surface area contributed by atoms with E-state index >= 15 is 0 Å². The van der Waals surface area contributed by atoms with Crippen LogP contribution >= 0.6 is 23.5 Å². The third kappa shape index (κ3) is 9.35. The number of carboxylic acid groups (broad SMARTS) is 1. The molecule has 0 aromatic heterocycles.